The van der Waals surface area contributed by atoms with Gasteiger partial charge in [0.25, 0.3) is 11.8 Å². The van der Waals surface area contributed by atoms with E-state index in [-0.39, 0.29) is 40.7 Å². The molecule has 3 aromatic rings. The molecule has 0 N–H and O–H groups in total. The van der Waals surface area contributed by atoms with Crippen LogP contribution in [0, 0.1) is 0 Å². The van der Waals surface area contributed by atoms with Crippen molar-refractivity contribution in [2.75, 3.05) is 6.61 Å². The van der Waals surface area contributed by atoms with Crippen LogP contribution < -0.4 is 14.9 Å². The summed E-state index contributed by atoms with van der Waals surface area (Å²) in [6.07, 6.45) is 1.21. The van der Waals surface area contributed by atoms with Crippen LogP contribution in [0.4, 0.5) is 0 Å². The van der Waals surface area contributed by atoms with Gasteiger partial charge in [0, 0.05) is 18.9 Å². The minimum Gasteiger partial charge on any atom is -0.482 e. The Balaban J connectivity index is 1.44. The van der Waals surface area contributed by atoms with Crippen molar-refractivity contribution in [3.63, 3.8) is 0 Å². The third-order valence-electron chi connectivity index (χ3n) is 4.24. The van der Waals surface area contributed by atoms with Crippen LogP contribution in [-0.4, -0.2) is 29.5 Å². The Kier molecular flexibility index (Phi) is 5.17. The van der Waals surface area contributed by atoms with Crippen LogP contribution in [0.15, 0.2) is 64.0 Å². The molecule has 9 heteroatoms. The zero-order valence-electron chi connectivity index (χ0n) is 15.5. The first kappa shape index (κ1) is 19.2. The zero-order valence-corrected chi connectivity index (χ0v) is 15.5. The molecule has 0 spiro atoms. The molecular weight excluding hydrogens is 394 g/mol. The van der Waals surface area contributed by atoms with Gasteiger partial charge in [0.2, 0.25) is 11.2 Å². The van der Waals surface area contributed by atoms with Crippen LogP contribution in [0.3, 0.4) is 0 Å². The molecule has 0 aliphatic carbocycles. The molecule has 0 saturated carbocycles. The molecule has 0 unspecified atom stereocenters. The Morgan fingerprint density at radius 2 is 1.70 bits per heavy atom. The number of benzene rings is 2. The summed E-state index contributed by atoms with van der Waals surface area (Å²) in [7, 11) is 0. The summed E-state index contributed by atoms with van der Waals surface area (Å²) in [4.78, 5) is 52.0. The second kappa shape index (κ2) is 8.08. The average Bonchev–Trinajstić information content (AvgIpc) is 3.07. The second-order valence-corrected chi connectivity index (χ2v) is 6.34. The lowest BCUT2D eigenvalue weighted by molar-refractivity contribution is -0.198. The third-order valence-corrected chi connectivity index (χ3v) is 4.24. The number of hydrogen-bond donors (Lipinski definition) is 0. The minimum atomic E-state index is -0.910. The van der Waals surface area contributed by atoms with Gasteiger partial charge in [-0.2, -0.15) is 0 Å². The third kappa shape index (κ3) is 4.00. The van der Waals surface area contributed by atoms with Crippen LogP contribution in [-0.2, 0) is 19.2 Å². The van der Waals surface area contributed by atoms with Crippen molar-refractivity contribution in [3.8, 4) is 17.2 Å². The second-order valence-electron chi connectivity index (χ2n) is 6.34. The highest BCUT2D eigenvalue weighted by atomic mass is 16.7. The first-order valence-electron chi connectivity index (χ1n) is 8.99. The maximum atomic E-state index is 12.6. The molecule has 0 bridgehead atoms. The summed E-state index contributed by atoms with van der Waals surface area (Å²) in [6, 6.07) is 13.2. The van der Waals surface area contributed by atoms with Crippen LogP contribution in [0.5, 0.6) is 17.2 Å². The smallest absolute Gasteiger partial charge is 0.370 e. The first-order chi connectivity index (χ1) is 14.5. The fourth-order valence-electron chi connectivity index (χ4n) is 2.79. The van der Waals surface area contributed by atoms with E-state index in [1.807, 2.05) is 6.07 Å². The highest BCUT2D eigenvalue weighted by Gasteiger charge is 2.32. The molecule has 30 heavy (non-hydrogen) atoms. The summed E-state index contributed by atoms with van der Waals surface area (Å²) >= 11 is 0. The van der Waals surface area contributed by atoms with Gasteiger partial charge in [-0.3, -0.25) is 14.4 Å². The molecule has 0 radical (unpaired) electrons. The summed E-state index contributed by atoms with van der Waals surface area (Å²) in [5.74, 6) is -1.29. The average molecular weight is 409 g/mol. The highest BCUT2D eigenvalue weighted by Crippen LogP contribution is 2.24. The summed E-state index contributed by atoms with van der Waals surface area (Å²) in [5.41, 5.74) is -0.131. The van der Waals surface area contributed by atoms with Crippen molar-refractivity contribution in [1.29, 1.82) is 0 Å². The van der Waals surface area contributed by atoms with Crippen molar-refractivity contribution in [2.45, 2.75) is 12.8 Å². The largest absolute Gasteiger partial charge is 0.482 e. The minimum absolute atomic E-state index is 0.00660. The lowest BCUT2D eigenvalue weighted by Crippen LogP contribution is -2.33. The van der Waals surface area contributed by atoms with Gasteiger partial charge in [-0.25, -0.2) is 4.79 Å². The SMILES string of the molecule is O=C(COc1ccc2c(=O)c(Oc3ccccc3)coc2c1)ON1C(=O)CCC1=O. The Morgan fingerprint density at radius 3 is 2.43 bits per heavy atom. The number of fused-ring (bicyclic) bond motifs is 1. The van der Waals surface area contributed by atoms with Gasteiger partial charge in [-0.15, -0.1) is 5.06 Å². The van der Waals surface area contributed by atoms with E-state index in [1.165, 1.54) is 24.5 Å². The topological polar surface area (TPSA) is 112 Å². The van der Waals surface area contributed by atoms with E-state index >= 15 is 0 Å². The van der Waals surface area contributed by atoms with Crippen molar-refractivity contribution in [3.05, 3.63) is 65.0 Å². The maximum Gasteiger partial charge on any atom is 0.370 e. The maximum absolute atomic E-state index is 12.6. The normalized spacial score (nSPS) is 13.5. The van der Waals surface area contributed by atoms with E-state index in [9.17, 15) is 19.2 Å². The van der Waals surface area contributed by atoms with Gasteiger partial charge in [0.15, 0.2) is 6.61 Å². The molecule has 0 atom stereocenters. The van der Waals surface area contributed by atoms with E-state index in [0.717, 1.165) is 0 Å². The number of rotatable bonds is 6. The molecular formula is C21H15NO8. The first-order valence-corrected chi connectivity index (χ1v) is 8.99. The van der Waals surface area contributed by atoms with E-state index in [1.54, 1.807) is 24.3 Å². The zero-order chi connectivity index (χ0) is 21.1. The molecule has 2 heterocycles. The van der Waals surface area contributed by atoms with Gasteiger partial charge >= 0.3 is 5.97 Å². The fourth-order valence-corrected chi connectivity index (χ4v) is 2.79. The van der Waals surface area contributed by atoms with E-state index in [0.29, 0.717) is 10.8 Å². The monoisotopic (exact) mass is 409 g/mol. The Morgan fingerprint density at radius 1 is 0.967 bits per heavy atom. The van der Waals surface area contributed by atoms with E-state index < -0.39 is 24.4 Å². The molecule has 9 nitrogen and oxygen atoms in total. The number of carbonyl (C=O) groups is 3. The number of hydrogen-bond acceptors (Lipinski definition) is 8. The summed E-state index contributed by atoms with van der Waals surface area (Å²) < 4.78 is 16.3. The van der Waals surface area contributed by atoms with Crippen molar-refractivity contribution in [1.82, 2.24) is 5.06 Å². The van der Waals surface area contributed by atoms with Crippen LogP contribution in [0.2, 0.25) is 0 Å². The van der Waals surface area contributed by atoms with Gasteiger partial charge in [-0.1, -0.05) is 18.2 Å². The number of nitrogens with zero attached hydrogens (tertiary/aromatic N) is 1. The predicted molar refractivity (Wildman–Crippen MR) is 102 cm³/mol. The number of amides is 2. The predicted octanol–water partition coefficient (Wildman–Crippen LogP) is 2.57. The fraction of sp³-hybridized carbons (Fsp3) is 0.143. The highest BCUT2D eigenvalue weighted by molar-refractivity contribution is 6.01. The lowest BCUT2D eigenvalue weighted by Gasteiger charge is -2.13. The quantitative estimate of drug-likeness (QED) is 0.571. The van der Waals surface area contributed by atoms with Gasteiger partial charge < -0.3 is 18.7 Å². The molecule has 2 amide bonds. The number of carbonyl (C=O) groups excluding carboxylic acids is 3. The number of ether oxygens (including phenoxy) is 2. The summed E-state index contributed by atoms with van der Waals surface area (Å²) in [6.45, 7) is -0.540. The summed E-state index contributed by atoms with van der Waals surface area (Å²) in [5, 5.41) is 0.714. The number of hydroxylamine groups is 2. The molecule has 1 aliphatic heterocycles. The van der Waals surface area contributed by atoms with Gasteiger partial charge in [-0.05, 0) is 24.3 Å². The van der Waals surface area contributed by atoms with E-state index in [4.69, 9.17) is 18.7 Å². The Hall–Kier alpha value is -4.14. The van der Waals surface area contributed by atoms with Crippen LogP contribution in [0.25, 0.3) is 11.0 Å². The van der Waals surface area contributed by atoms with Gasteiger partial charge in [0.1, 0.15) is 23.3 Å². The standard InChI is InChI=1S/C21H15NO8/c23-18-8-9-19(24)22(18)30-20(25)12-27-14-6-7-15-16(10-14)28-11-17(21(15)26)29-13-4-2-1-3-5-13/h1-7,10-11H,8-9,12H2. The number of para-hydroxylation sites is 1. The molecule has 1 aromatic heterocycles. The molecule has 1 fully saturated rings. The molecule has 1 saturated heterocycles. The Labute approximate surface area is 169 Å². The lowest BCUT2D eigenvalue weighted by atomic mass is 10.2. The van der Waals surface area contributed by atoms with Crippen LogP contribution >= 0.6 is 0 Å². The van der Waals surface area contributed by atoms with Crippen molar-refractivity contribution < 1.29 is 33.1 Å². The Bertz CT molecular complexity index is 1170. The molecule has 4 rings (SSSR count). The van der Waals surface area contributed by atoms with E-state index in [2.05, 4.69) is 0 Å². The molecule has 152 valence electrons. The molecule has 1 aliphatic rings. The number of imide groups is 1. The van der Waals surface area contributed by atoms with Gasteiger partial charge in [0.05, 0.1) is 5.39 Å². The molecule has 2 aromatic carbocycles. The van der Waals surface area contributed by atoms with Crippen LogP contribution in [0.1, 0.15) is 12.8 Å². The van der Waals surface area contributed by atoms with Crippen molar-refractivity contribution >= 4 is 28.8 Å². The van der Waals surface area contributed by atoms with Crippen molar-refractivity contribution in [2.24, 2.45) is 0 Å².